The quantitative estimate of drug-likeness (QED) is 0.571. The van der Waals surface area contributed by atoms with Gasteiger partial charge in [-0.2, -0.15) is 18.2 Å². The van der Waals surface area contributed by atoms with Crippen LogP contribution in [0, 0.1) is 5.95 Å². The summed E-state index contributed by atoms with van der Waals surface area (Å²) < 4.78 is 62.8. The topological polar surface area (TPSA) is 85.3 Å². The molecule has 1 atom stereocenters. The summed E-state index contributed by atoms with van der Waals surface area (Å²) in [6.07, 6.45) is -3.00. The van der Waals surface area contributed by atoms with Gasteiger partial charge in [-0.25, -0.2) is 4.21 Å². The number of hydrogen-bond acceptors (Lipinski definition) is 6. The Bertz CT molecular complexity index is 965. The third-order valence-electron chi connectivity index (χ3n) is 3.32. The third-order valence-corrected chi connectivity index (χ3v) is 4.88. The van der Waals surface area contributed by atoms with Crippen molar-refractivity contribution in [1.29, 1.82) is 0 Å². The molecule has 3 aromatic rings. The number of oxazole rings is 1. The van der Waals surface area contributed by atoms with Crippen molar-refractivity contribution in [3.8, 4) is 11.7 Å². The van der Waals surface area contributed by atoms with E-state index in [1.54, 1.807) is 31.2 Å². The summed E-state index contributed by atoms with van der Waals surface area (Å²) in [5, 5.41) is 6.85. The van der Waals surface area contributed by atoms with Crippen LogP contribution in [0.3, 0.4) is 0 Å². The average Bonchev–Trinajstić information content (AvgIpc) is 3.25. The highest BCUT2D eigenvalue weighted by atomic mass is 35.5. The van der Waals surface area contributed by atoms with Crippen molar-refractivity contribution >= 4 is 28.3 Å². The van der Waals surface area contributed by atoms with E-state index in [1.165, 1.54) is 4.31 Å². The largest absolute Gasteiger partial charge is 0.430 e. The van der Waals surface area contributed by atoms with Crippen LogP contribution in [-0.2, 0) is 17.5 Å². The molecule has 0 fully saturated rings. The van der Waals surface area contributed by atoms with Crippen LogP contribution in [0.25, 0.3) is 11.7 Å². The Hall–Kier alpha value is -2.40. The lowest BCUT2D eigenvalue weighted by atomic mass is 10.3. The predicted molar refractivity (Wildman–Crippen MR) is 91.0 cm³/mol. The Kier molecular flexibility index (Phi) is 5.80. The van der Waals surface area contributed by atoms with Gasteiger partial charge < -0.3 is 8.83 Å². The molecule has 2 heterocycles. The van der Waals surface area contributed by atoms with Crippen molar-refractivity contribution < 1.29 is 26.2 Å². The lowest BCUT2D eigenvalue weighted by molar-refractivity contribution is 0.115. The Labute approximate surface area is 158 Å². The maximum Gasteiger partial charge on any atom is 0.314 e. The number of benzene rings is 1. The molecule has 1 unspecified atom stereocenters. The first-order valence-electron chi connectivity index (χ1n) is 7.57. The summed E-state index contributed by atoms with van der Waals surface area (Å²) in [5.41, 5.74) is 0.514. The normalized spacial score (nSPS) is 12.5. The minimum Gasteiger partial charge on any atom is -0.430 e. The molecule has 12 heteroatoms. The molecule has 0 saturated carbocycles. The molecule has 2 aromatic heterocycles. The lowest BCUT2D eigenvalue weighted by Crippen LogP contribution is -2.26. The molecule has 0 radical (unpaired) electrons. The zero-order valence-corrected chi connectivity index (χ0v) is 15.3. The van der Waals surface area contributed by atoms with Gasteiger partial charge in [0.1, 0.15) is 17.5 Å². The molecule has 7 nitrogen and oxygen atoms in total. The second-order valence-corrected chi connectivity index (χ2v) is 7.20. The van der Waals surface area contributed by atoms with Gasteiger partial charge in [-0.1, -0.05) is 24.6 Å². The molecule has 0 spiro atoms. The van der Waals surface area contributed by atoms with Crippen molar-refractivity contribution in [3.05, 3.63) is 47.0 Å². The maximum absolute atomic E-state index is 14.1. The minimum atomic E-state index is -3.00. The van der Waals surface area contributed by atoms with Crippen molar-refractivity contribution in [3.63, 3.8) is 0 Å². The summed E-state index contributed by atoms with van der Waals surface area (Å²) in [7, 11) is -1.47. The van der Waals surface area contributed by atoms with Gasteiger partial charge in [-0.05, 0) is 18.2 Å². The van der Waals surface area contributed by atoms with Gasteiger partial charge in [0.2, 0.25) is 11.7 Å². The molecule has 0 aliphatic rings. The number of aromatic nitrogens is 3. The Morgan fingerprint density at radius 3 is 2.70 bits per heavy atom. The van der Waals surface area contributed by atoms with E-state index < -0.39 is 40.9 Å². The van der Waals surface area contributed by atoms with Crippen LogP contribution in [0.1, 0.15) is 25.1 Å². The van der Waals surface area contributed by atoms with Crippen molar-refractivity contribution in [2.45, 2.75) is 19.9 Å². The minimum absolute atomic E-state index is 0.152. The van der Waals surface area contributed by atoms with Crippen molar-refractivity contribution in [1.82, 2.24) is 15.2 Å². The number of halogens is 4. The standard InChI is InChI=1S/C15H12ClF3N4O3S/c1-2-27(24)23(9-5-3-4-8(16)6-9)7-10-20-13(19)11(25-10)14-21-22-15(26-14)12(17)18/h3-6,12H,2,7H2,1H3. The highest BCUT2D eigenvalue weighted by Gasteiger charge is 2.25. The molecule has 0 N–H and O–H groups in total. The number of nitrogens with zero attached hydrogens (tertiary/aromatic N) is 4. The first-order chi connectivity index (χ1) is 12.9. The molecule has 0 bridgehead atoms. The zero-order chi connectivity index (χ0) is 19.6. The Morgan fingerprint density at radius 1 is 1.30 bits per heavy atom. The predicted octanol–water partition coefficient (Wildman–Crippen LogP) is 4.14. The average molecular weight is 421 g/mol. The lowest BCUT2D eigenvalue weighted by Gasteiger charge is -2.21. The van der Waals surface area contributed by atoms with Crippen molar-refractivity contribution in [2.75, 3.05) is 10.1 Å². The first kappa shape index (κ1) is 19.4. The summed E-state index contributed by atoms with van der Waals surface area (Å²) >= 11 is 5.96. The Morgan fingerprint density at radius 2 is 2.07 bits per heavy atom. The summed E-state index contributed by atoms with van der Waals surface area (Å²) in [6, 6.07) is 6.58. The number of rotatable bonds is 7. The van der Waals surface area contributed by atoms with E-state index in [9.17, 15) is 17.4 Å². The highest BCUT2D eigenvalue weighted by Crippen LogP contribution is 2.28. The van der Waals surface area contributed by atoms with Crippen LogP contribution in [-0.4, -0.2) is 25.1 Å². The molecule has 0 aliphatic carbocycles. The number of alkyl halides is 2. The van der Waals surface area contributed by atoms with Crippen LogP contribution in [0.2, 0.25) is 5.02 Å². The van der Waals surface area contributed by atoms with E-state index in [4.69, 9.17) is 16.0 Å². The van der Waals surface area contributed by atoms with E-state index in [2.05, 4.69) is 19.6 Å². The van der Waals surface area contributed by atoms with E-state index in [-0.39, 0.29) is 18.2 Å². The summed E-state index contributed by atoms with van der Waals surface area (Å²) in [4.78, 5) is 3.59. The zero-order valence-electron chi connectivity index (χ0n) is 13.7. The van der Waals surface area contributed by atoms with Crippen LogP contribution >= 0.6 is 11.6 Å². The number of hydrogen-bond donors (Lipinski definition) is 0. The van der Waals surface area contributed by atoms with Crippen LogP contribution in [0.4, 0.5) is 18.9 Å². The van der Waals surface area contributed by atoms with Gasteiger partial charge in [0.15, 0.2) is 0 Å². The molecule has 0 aliphatic heterocycles. The number of anilines is 1. The molecule has 0 saturated heterocycles. The van der Waals surface area contributed by atoms with E-state index in [0.29, 0.717) is 10.7 Å². The van der Waals surface area contributed by atoms with Gasteiger partial charge in [0, 0.05) is 10.8 Å². The van der Waals surface area contributed by atoms with E-state index >= 15 is 0 Å². The van der Waals surface area contributed by atoms with Crippen LogP contribution in [0.5, 0.6) is 0 Å². The van der Waals surface area contributed by atoms with E-state index in [0.717, 1.165) is 0 Å². The molecule has 144 valence electrons. The second kappa shape index (κ2) is 8.09. The van der Waals surface area contributed by atoms with Gasteiger partial charge in [-0.3, -0.25) is 4.31 Å². The first-order valence-corrected chi connectivity index (χ1v) is 9.23. The molecule has 27 heavy (non-hydrogen) atoms. The maximum atomic E-state index is 14.1. The van der Waals surface area contributed by atoms with Gasteiger partial charge >= 0.3 is 6.43 Å². The van der Waals surface area contributed by atoms with Crippen LogP contribution in [0.15, 0.2) is 33.1 Å². The fourth-order valence-electron chi connectivity index (χ4n) is 2.15. The van der Waals surface area contributed by atoms with Crippen molar-refractivity contribution in [2.24, 2.45) is 0 Å². The molecule has 0 amide bonds. The Balaban J connectivity index is 1.90. The molecule has 3 rings (SSSR count). The highest BCUT2D eigenvalue weighted by molar-refractivity contribution is 7.86. The fraction of sp³-hybridized carbons (Fsp3) is 0.267. The van der Waals surface area contributed by atoms with Gasteiger partial charge in [0.05, 0.1) is 5.69 Å². The SMILES string of the molecule is CCS(=O)N(Cc1nc(F)c(-c2nnc(C(F)F)o2)o1)c1cccc(Cl)c1. The summed E-state index contributed by atoms with van der Waals surface area (Å²) in [5.74, 6) is -3.08. The smallest absolute Gasteiger partial charge is 0.314 e. The van der Waals surface area contributed by atoms with E-state index in [1.807, 2.05) is 0 Å². The molecule has 1 aromatic carbocycles. The van der Waals surface area contributed by atoms with Crippen LogP contribution < -0.4 is 4.31 Å². The molecular weight excluding hydrogens is 409 g/mol. The van der Waals surface area contributed by atoms with Gasteiger partial charge in [0.25, 0.3) is 17.7 Å². The van der Waals surface area contributed by atoms with Gasteiger partial charge in [-0.15, -0.1) is 10.2 Å². The fourth-order valence-corrected chi connectivity index (χ4v) is 3.25. The third kappa shape index (κ3) is 4.30. The monoisotopic (exact) mass is 420 g/mol. The molecular formula is C15H12ClF3N4O3S. The summed E-state index contributed by atoms with van der Waals surface area (Å²) in [6.45, 7) is 1.55. The second-order valence-electron chi connectivity index (χ2n) is 5.10.